The molecule has 2 N–H and O–H groups in total. The molecule has 6 nitrogen and oxygen atoms in total. The molecule has 1 heterocycles. The number of nitrogens with one attached hydrogen (secondary N) is 1. The predicted molar refractivity (Wildman–Crippen MR) is 61.1 cm³/mol. The highest BCUT2D eigenvalue weighted by Crippen LogP contribution is 2.28. The van der Waals surface area contributed by atoms with Crippen molar-refractivity contribution in [1.82, 2.24) is 20.3 Å². The van der Waals surface area contributed by atoms with E-state index < -0.39 is 5.60 Å². The van der Waals surface area contributed by atoms with Gasteiger partial charge in [0, 0.05) is 19.2 Å². The molecule has 1 aliphatic rings. The predicted octanol–water partition coefficient (Wildman–Crippen LogP) is 0.0895. The van der Waals surface area contributed by atoms with E-state index >= 15 is 0 Å². The van der Waals surface area contributed by atoms with Crippen molar-refractivity contribution in [3.8, 4) is 0 Å². The Labute approximate surface area is 100 Å². The van der Waals surface area contributed by atoms with Gasteiger partial charge in [-0.2, -0.15) is 0 Å². The highest BCUT2D eigenvalue weighted by atomic mass is 16.3. The molecule has 0 saturated heterocycles. The van der Waals surface area contributed by atoms with Gasteiger partial charge in [0.05, 0.1) is 18.3 Å². The monoisotopic (exact) mass is 238 g/mol. The SMILES string of the molecule is O=C(CCn1ccnn1)NCC1(O)CCCC1. The fourth-order valence-corrected chi connectivity index (χ4v) is 2.13. The van der Waals surface area contributed by atoms with Crippen molar-refractivity contribution < 1.29 is 9.90 Å². The molecule has 0 aliphatic heterocycles. The third-order valence-corrected chi connectivity index (χ3v) is 3.19. The summed E-state index contributed by atoms with van der Waals surface area (Å²) in [4.78, 5) is 11.6. The summed E-state index contributed by atoms with van der Waals surface area (Å²) in [6, 6.07) is 0. The second-order valence-electron chi connectivity index (χ2n) is 4.62. The Morgan fingerprint density at radius 2 is 2.24 bits per heavy atom. The van der Waals surface area contributed by atoms with Crippen molar-refractivity contribution in [1.29, 1.82) is 0 Å². The lowest BCUT2D eigenvalue weighted by atomic mass is 10.0. The van der Waals surface area contributed by atoms with Crippen LogP contribution in [-0.4, -0.2) is 38.2 Å². The van der Waals surface area contributed by atoms with E-state index in [2.05, 4.69) is 15.6 Å². The van der Waals surface area contributed by atoms with Crippen LogP contribution >= 0.6 is 0 Å². The smallest absolute Gasteiger partial charge is 0.221 e. The summed E-state index contributed by atoms with van der Waals surface area (Å²) in [7, 11) is 0. The lowest BCUT2D eigenvalue weighted by molar-refractivity contribution is -0.122. The molecule has 0 bridgehead atoms. The Kier molecular flexibility index (Phi) is 3.73. The minimum Gasteiger partial charge on any atom is -0.388 e. The maximum absolute atomic E-state index is 11.6. The van der Waals surface area contributed by atoms with E-state index in [9.17, 15) is 9.90 Å². The molecule has 6 heteroatoms. The van der Waals surface area contributed by atoms with Crippen LogP contribution in [0.1, 0.15) is 32.1 Å². The van der Waals surface area contributed by atoms with Crippen LogP contribution in [0, 0.1) is 0 Å². The molecule has 1 amide bonds. The van der Waals surface area contributed by atoms with Crippen LogP contribution in [0.4, 0.5) is 0 Å². The summed E-state index contributed by atoms with van der Waals surface area (Å²) < 4.78 is 1.61. The zero-order valence-electron chi connectivity index (χ0n) is 9.80. The molecule has 2 rings (SSSR count). The van der Waals surface area contributed by atoms with E-state index in [4.69, 9.17) is 0 Å². The minimum atomic E-state index is -0.678. The first kappa shape index (κ1) is 12.0. The Balaban J connectivity index is 1.67. The van der Waals surface area contributed by atoms with Gasteiger partial charge in [-0.3, -0.25) is 9.48 Å². The van der Waals surface area contributed by atoms with Crippen molar-refractivity contribution >= 4 is 5.91 Å². The number of aryl methyl sites for hydroxylation is 1. The van der Waals surface area contributed by atoms with Crippen LogP contribution in [0.2, 0.25) is 0 Å². The topological polar surface area (TPSA) is 80.0 Å². The normalized spacial score (nSPS) is 18.2. The van der Waals surface area contributed by atoms with Gasteiger partial charge in [-0.25, -0.2) is 0 Å². The number of rotatable bonds is 5. The van der Waals surface area contributed by atoms with E-state index in [1.165, 1.54) is 0 Å². The largest absolute Gasteiger partial charge is 0.388 e. The van der Waals surface area contributed by atoms with Crippen LogP contribution in [0.15, 0.2) is 12.4 Å². The highest BCUT2D eigenvalue weighted by Gasteiger charge is 2.31. The van der Waals surface area contributed by atoms with E-state index in [1.54, 1.807) is 17.1 Å². The van der Waals surface area contributed by atoms with E-state index in [0.717, 1.165) is 25.7 Å². The van der Waals surface area contributed by atoms with Gasteiger partial charge in [-0.15, -0.1) is 5.10 Å². The molecule has 0 atom stereocenters. The summed E-state index contributed by atoms with van der Waals surface area (Å²) in [5, 5.41) is 20.3. The van der Waals surface area contributed by atoms with Gasteiger partial charge in [0.1, 0.15) is 0 Å². The van der Waals surface area contributed by atoms with E-state index in [0.29, 0.717) is 19.5 Å². The molecular weight excluding hydrogens is 220 g/mol. The number of amides is 1. The number of carbonyl (C=O) groups excluding carboxylic acids is 1. The number of carbonyl (C=O) groups is 1. The quantitative estimate of drug-likeness (QED) is 0.762. The van der Waals surface area contributed by atoms with Crippen LogP contribution in [0.5, 0.6) is 0 Å². The number of hydrogen-bond donors (Lipinski definition) is 2. The first-order chi connectivity index (χ1) is 8.18. The summed E-state index contributed by atoms with van der Waals surface area (Å²) in [5.41, 5.74) is -0.678. The van der Waals surface area contributed by atoms with Gasteiger partial charge in [-0.1, -0.05) is 18.1 Å². The third-order valence-electron chi connectivity index (χ3n) is 3.19. The van der Waals surface area contributed by atoms with Crippen molar-refractivity contribution in [2.75, 3.05) is 6.54 Å². The molecule has 0 unspecified atom stereocenters. The molecular formula is C11H18N4O2. The molecule has 1 saturated carbocycles. The van der Waals surface area contributed by atoms with Gasteiger partial charge < -0.3 is 10.4 Å². The lowest BCUT2D eigenvalue weighted by Crippen LogP contribution is -2.40. The van der Waals surface area contributed by atoms with Gasteiger partial charge in [-0.05, 0) is 12.8 Å². The summed E-state index contributed by atoms with van der Waals surface area (Å²) in [5.74, 6) is -0.0548. The fourth-order valence-electron chi connectivity index (χ4n) is 2.13. The van der Waals surface area contributed by atoms with Gasteiger partial charge >= 0.3 is 0 Å². The van der Waals surface area contributed by atoms with Crippen molar-refractivity contribution in [2.45, 2.75) is 44.2 Å². The summed E-state index contributed by atoms with van der Waals surface area (Å²) in [6.07, 6.45) is 7.33. The molecule has 1 aromatic heterocycles. The molecule has 1 fully saturated rings. The number of aromatic nitrogens is 3. The first-order valence-electron chi connectivity index (χ1n) is 6.01. The average Bonchev–Trinajstić information content (AvgIpc) is 2.95. The molecule has 0 radical (unpaired) electrons. The Hall–Kier alpha value is -1.43. The molecule has 94 valence electrons. The van der Waals surface area contributed by atoms with Crippen LogP contribution in [0.3, 0.4) is 0 Å². The Bertz CT molecular complexity index is 358. The molecule has 0 spiro atoms. The molecule has 1 aromatic rings. The lowest BCUT2D eigenvalue weighted by Gasteiger charge is -2.22. The average molecular weight is 238 g/mol. The molecule has 0 aromatic carbocycles. The second kappa shape index (κ2) is 5.27. The molecule has 17 heavy (non-hydrogen) atoms. The van der Waals surface area contributed by atoms with Crippen molar-refractivity contribution in [2.24, 2.45) is 0 Å². The minimum absolute atomic E-state index is 0.0548. The van der Waals surface area contributed by atoms with Crippen LogP contribution in [0.25, 0.3) is 0 Å². The van der Waals surface area contributed by atoms with Gasteiger partial charge in [0.2, 0.25) is 5.91 Å². The fraction of sp³-hybridized carbons (Fsp3) is 0.727. The third kappa shape index (κ3) is 3.52. The zero-order valence-corrected chi connectivity index (χ0v) is 9.80. The number of nitrogens with zero attached hydrogens (tertiary/aromatic N) is 3. The second-order valence-corrected chi connectivity index (χ2v) is 4.62. The van der Waals surface area contributed by atoms with Crippen molar-refractivity contribution in [3.05, 3.63) is 12.4 Å². The van der Waals surface area contributed by atoms with Gasteiger partial charge in [0.25, 0.3) is 0 Å². The Morgan fingerprint density at radius 1 is 1.47 bits per heavy atom. The van der Waals surface area contributed by atoms with Crippen LogP contribution < -0.4 is 5.32 Å². The summed E-state index contributed by atoms with van der Waals surface area (Å²) >= 11 is 0. The number of hydrogen-bond acceptors (Lipinski definition) is 4. The summed E-state index contributed by atoms with van der Waals surface area (Å²) in [6.45, 7) is 0.882. The zero-order chi connectivity index (χ0) is 12.1. The maximum Gasteiger partial charge on any atom is 0.221 e. The van der Waals surface area contributed by atoms with E-state index in [-0.39, 0.29) is 5.91 Å². The van der Waals surface area contributed by atoms with Crippen molar-refractivity contribution in [3.63, 3.8) is 0 Å². The van der Waals surface area contributed by atoms with E-state index in [1.807, 2.05) is 0 Å². The molecule has 1 aliphatic carbocycles. The van der Waals surface area contributed by atoms with Crippen LogP contribution in [-0.2, 0) is 11.3 Å². The first-order valence-corrected chi connectivity index (χ1v) is 6.01. The highest BCUT2D eigenvalue weighted by molar-refractivity contribution is 5.75. The number of aliphatic hydroxyl groups is 1. The Morgan fingerprint density at radius 3 is 2.88 bits per heavy atom. The van der Waals surface area contributed by atoms with Gasteiger partial charge in [0.15, 0.2) is 0 Å². The maximum atomic E-state index is 11.6. The standard InChI is InChI=1S/C11H18N4O2/c16-10(3-7-15-8-6-13-14-15)12-9-11(17)4-1-2-5-11/h6,8,17H,1-5,7,9H2,(H,12,16).